The zero-order valence-electron chi connectivity index (χ0n) is 14.4. The number of carbonyl (C=O) groups is 1. The van der Waals surface area contributed by atoms with Crippen molar-refractivity contribution >= 4 is 39.7 Å². The lowest BCUT2D eigenvalue weighted by molar-refractivity contribution is -0.116. The van der Waals surface area contributed by atoms with E-state index >= 15 is 0 Å². The van der Waals surface area contributed by atoms with Crippen LogP contribution in [0.3, 0.4) is 0 Å². The highest BCUT2D eigenvalue weighted by Gasteiger charge is 2.29. The second-order valence-corrected chi connectivity index (χ2v) is 7.97. The molecule has 0 aliphatic heterocycles. The summed E-state index contributed by atoms with van der Waals surface area (Å²) in [4.78, 5) is 11.7. The summed E-state index contributed by atoms with van der Waals surface area (Å²) in [6.45, 7) is 0. The second-order valence-electron chi connectivity index (χ2n) is 6.29. The van der Waals surface area contributed by atoms with Crippen LogP contribution in [0, 0.1) is 5.82 Å². The molecule has 1 saturated carbocycles. The molecule has 6 nitrogen and oxygen atoms in total. The number of para-hydroxylation sites is 1. The minimum Gasteiger partial charge on any atom is -0.399 e. The number of benzene rings is 2. The van der Waals surface area contributed by atoms with Gasteiger partial charge >= 0.3 is 0 Å². The van der Waals surface area contributed by atoms with Gasteiger partial charge in [0.15, 0.2) is 0 Å². The number of anilines is 2. The van der Waals surface area contributed by atoms with Gasteiger partial charge in [0.1, 0.15) is 10.7 Å². The van der Waals surface area contributed by atoms with E-state index in [9.17, 15) is 17.6 Å². The first-order valence-electron chi connectivity index (χ1n) is 8.30. The summed E-state index contributed by atoms with van der Waals surface area (Å²) in [6, 6.07) is 10.6. The number of sulfonamides is 1. The van der Waals surface area contributed by atoms with Crippen LogP contribution in [-0.4, -0.2) is 20.4 Å². The van der Waals surface area contributed by atoms with E-state index in [1.165, 1.54) is 6.07 Å². The second kappa shape index (κ2) is 8.69. The van der Waals surface area contributed by atoms with Crippen molar-refractivity contribution in [3.8, 4) is 0 Å². The lowest BCUT2D eigenvalue weighted by Crippen LogP contribution is -2.26. The van der Waals surface area contributed by atoms with Gasteiger partial charge in [0, 0.05) is 23.8 Å². The fourth-order valence-electron chi connectivity index (χ4n) is 2.50. The van der Waals surface area contributed by atoms with Crippen LogP contribution in [0.15, 0.2) is 47.4 Å². The fraction of sp³-hybridized carbons (Fsp3) is 0.278. The number of amides is 1. The molecule has 1 fully saturated rings. The maximum Gasteiger partial charge on any atom is 0.243 e. The topological polar surface area (TPSA) is 101 Å². The van der Waals surface area contributed by atoms with E-state index in [-0.39, 0.29) is 36.5 Å². The quantitative estimate of drug-likeness (QED) is 0.607. The van der Waals surface area contributed by atoms with E-state index in [0.717, 1.165) is 30.5 Å². The van der Waals surface area contributed by atoms with Crippen molar-refractivity contribution < 1.29 is 17.6 Å². The molecule has 146 valence electrons. The van der Waals surface area contributed by atoms with Crippen molar-refractivity contribution in [1.29, 1.82) is 0 Å². The molecule has 0 heterocycles. The molecule has 0 aromatic heterocycles. The molecular weight excluding hydrogens is 393 g/mol. The number of nitrogens with two attached hydrogens (primary N) is 1. The molecule has 0 atom stereocenters. The molecule has 9 heteroatoms. The first-order chi connectivity index (χ1) is 12.3. The third-order valence-corrected chi connectivity index (χ3v) is 5.62. The summed E-state index contributed by atoms with van der Waals surface area (Å²) in [6.07, 6.45) is 2.13. The Balaban J connectivity index is 0.00000261. The van der Waals surface area contributed by atoms with Gasteiger partial charge in [0.25, 0.3) is 0 Å². The largest absolute Gasteiger partial charge is 0.399 e. The highest BCUT2D eigenvalue weighted by atomic mass is 35.5. The van der Waals surface area contributed by atoms with Crippen molar-refractivity contribution in [2.45, 2.75) is 36.6 Å². The number of halogens is 2. The van der Waals surface area contributed by atoms with Crippen LogP contribution in [0.1, 0.15) is 24.8 Å². The smallest absolute Gasteiger partial charge is 0.243 e. The first-order valence-corrected chi connectivity index (χ1v) is 9.78. The van der Waals surface area contributed by atoms with Crippen LogP contribution in [0.5, 0.6) is 0 Å². The van der Waals surface area contributed by atoms with Crippen LogP contribution in [-0.2, 0) is 21.2 Å². The van der Waals surface area contributed by atoms with E-state index in [0.29, 0.717) is 12.1 Å². The fourth-order valence-corrected chi connectivity index (χ4v) is 3.91. The average Bonchev–Trinajstić information content (AvgIpc) is 3.39. The van der Waals surface area contributed by atoms with Crippen molar-refractivity contribution in [3.63, 3.8) is 0 Å². The van der Waals surface area contributed by atoms with Crippen LogP contribution in [0.2, 0.25) is 0 Å². The molecular formula is C18H21ClFN3O3S. The minimum atomic E-state index is -3.94. The molecule has 4 N–H and O–H groups in total. The molecule has 0 radical (unpaired) electrons. The molecule has 27 heavy (non-hydrogen) atoms. The average molecular weight is 414 g/mol. The van der Waals surface area contributed by atoms with Crippen LogP contribution in [0.25, 0.3) is 0 Å². The molecule has 2 aromatic rings. The highest BCUT2D eigenvalue weighted by molar-refractivity contribution is 7.89. The lowest BCUT2D eigenvalue weighted by Gasteiger charge is -2.10. The number of aryl methyl sites for hydroxylation is 1. The van der Waals surface area contributed by atoms with Crippen molar-refractivity contribution in [3.05, 3.63) is 53.8 Å². The van der Waals surface area contributed by atoms with Gasteiger partial charge in [-0.3, -0.25) is 4.79 Å². The molecule has 0 unspecified atom stereocenters. The Hall–Kier alpha value is -2.16. The molecule has 3 rings (SSSR count). The molecule has 0 bridgehead atoms. The third-order valence-electron chi connectivity index (χ3n) is 4.08. The van der Waals surface area contributed by atoms with E-state index in [2.05, 4.69) is 10.0 Å². The van der Waals surface area contributed by atoms with Gasteiger partial charge in [-0.25, -0.2) is 17.5 Å². The zero-order chi connectivity index (χ0) is 18.7. The molecule has 1 amide bonds. The highest BCUT2D eigenvalue weighted by Crippen LogP contribution is 2.25. The van der Waals surface area contributed by atoms with E-state index in [1.807, 2.05) is 18.2 Å². The summed E-state index contributed by atoms with van der Waals surface area (Å²) < 4.78 is 40.8. The van der Waals surface area contributed by atoms with E-state index in [1.54, 1.807) is 6.07 Å². The summed E-state index contributed by atoms with van der Waals surface area (Å²) in [5.74, 6) is -1.16. The van der Waals surface area contributed by atoms with Crippen LogP contribution < -0.4 is 15.8 Å². The summed E-state index contributed by atoms with van der Waals surface area (Å²) in [5, 5.41) is 2.60. The zero-order valence-corrected chi connectivity index (χ0v) is 16.1. The summed E-state index contributed by atoms with van der Waals surface area (Å²) in [5.41, 5.74) is 7.54. The molecule has 0 spiro atoms. The predicted octanol–water partition coefficient (Wildman–Crippen LogP) is 2.84. The first kappa shape index (κ1) is 21.1. The van der Waals surface area contributed by atoms with Gasteiger partial charge < -0.3 is 11.1 Å². The Morgan fingerprint density at radius 3 is 2.56 bits per heavy atom. The van der Waals surface area contributed by atoms with Gasteiger partial charge in [-0.2, -0.15) is 0 Å². The van der Waals surface area contributed by atoms with Gasteiger partial charge in [0.05, 0.1) is 0 Å². The van der Waals surface area contributed by atoms with E-state index < -0.39 is 20.7 Å². The Bertz CT molecular complexity index is 933. The van der Waals surface area contributed by atoms with Crippen LogP contribution in [0.4, 0.5) is 15.8 Å². The number of hydrogen-bond donors (Lipinski definition) is 3. The molecule has 0 saturated heterocycles. The Morgan fingerprint density at radius 1 is 1.19 bits per heavy atom. The van der Waals surface area contributed by atoms with E-state index in [4.69, 9.17) is 5.73 Å². The number of nitrogen functional groups attached to an aromatic ring is 1. The van der Waals surface area contributed by atoms with Crippen LogP contribution >= 0.6 is 12.4 Å². The Morgan fingerprint density at radius 2 is 1.89 bits per heavy atom. The molecule has 2 aromatic carbocycles. The minimum absolute atomic E-state index is 0. The third kappa shape index (κ3) is 5.66. The van der Waals surface area contributed by atoms with Gasteiger partial charge in [-0.15, -0.1) is 12.4 Å². The Labute approximate surface area is 163 Å². The lowest BCUT2D eigenvalue weighted by atomic mass is 10.1. The summed E-state index contributed by atoms with van der Waals surface area (Å²) >= 11 is 0. The SMILES string of the molecule is Cl.Nc1ccccc1CCC(=O)Nc1ccc(F)c(S(=O)(=O)NC2CC2)c1. The van der Waals surface area contributed by atoms with Crippen molar-refractivity contribution in [1.82, 2.24) is 4.72 Å². The number of hydrogen-bond acceptors (Lipinski definition) is 4. The normalized spacial score (nSPS) is 13.7. The van der Waals surface area contributed by atoms with Crippen molar-refractivity contribution in [2.75, 3.05) is 11.1 Å². The number of rotatable bonds is 7. The van der Waals surface area contributed by atoms with Crippen molar-refractivity contribution in [2.24, 2.45) is 0 Å². The monoisotopic (exact) mass is 413 g/mol. The number of carbonyl (C=O) groups excluding carboxylic acids is 1. The predicted molar refractivity (Wildman–Crippen MR) is 105 cm³/mol. The maximum atomic E-state index is 13.9. The van der Waals surface area contributed by atoms with Gasteiger partial charge in [-0.1, -0.05) is 18.2 Å². The molecule has 1 aliphatic carbocycles. The number of nitrogens with one attached hydrogen (secondary N) is 2. The van der Waals surface area contributed by atoms with Gasteiger partial charge in [-0.05, 0) is 49.1 Å². The van der Waals surface area contributed by atoms with Gasteiger partial charge in [0.2, 0.25) is 15.9 Å². The standard InChI is InChI=1S/C18H20FN3O3S.ClH/c19-15-9-8-14(11-17(15)26(24,25)22-13-6-7-13)21-18(23)10-5-12-3-1-2-4-16(12)20;/h1-4,8-9,11,13,22H,5-7,10,20H2,(H,21,23);1H. The Kier molecular flexibility index (Phi) is 6.80. The maximum absolute atomic E-state index is 13.9. The summed E-state index contributed by atoms with van der Waals surface area (Å²) in [7, 11) is -3.94. The molecule has 1 aliphatic rings.